The van der Waals surface area contributed by atoms with Gasteiger partial charge >= 0.3 is 6.09 Å². The van der Waals surface area contributed by atoms with Gasteiger partial charge in [-0.15, -0.1) is 0 Å². The highest BCUT2D eigenvalue weighted by Gasteiger charge is 2.19. The van der Waals surface area contributed by atoms with Crippen LogP contribution in [0.5, 0.6) is 0 Å². The van der Waals surface area contributed by atoms with E-state index in [4.69, 9.17) is 4.74 Å². The Morgan fingerprint density at radius 1 is 1.19 bits per heavy atom. The van der Waals surface area contributed by atoms with Gasteiger partial charge in [0.25, 0.3) is 0 Å². The Labute approximate surface area is 161 Å². The summed E-state index contributed by atoms with van der Waals surface area (Å²) in [5.41, 5.74) is 0.952. The number of likely N-dealkylation sites (N-methyl/N-ethyl adjacent to an activating group) is 2. The molecule has 2 N–H and O–H groups in total. The molecule has 0 unspecified atom stereocenters. The van der Waals surface area contributed by atoms with Crippen LogP contribution in [0.25, 0.3) is 0 Å². The van der Waals surface area contributed by atoms with E-state index in [1.807, 2.05) is 26.0 Å². The molecule has 0 aliphatic heterocycles. The number of carbonyl (C=O) groups excluding carboxylic acids is 2. The zero-order chi connectivity index (χ0) is 20.8. The number of anilines is 3. The fourth-order valence-electron chi connectivity index (χ4n) is 2.16. The van der Waals surface area contributed by atoms with Gasteiger partial charge in [-0.2, -0.15) is 0 Å². The number of rotatable bonds is 7. The molecule has 0 saturated heterocycles. The van der Waals surface area contributed by atoms with Crippen molar-refractivity contribution in [3.05, 3.63) is 24.4 Å². The van der Waals surface area contributed by atoms with E-state index in [-0.39, 0.29) is 5.91 Å². The molecule has 8 heteroatoms. The zero-order valence-corrected chi connectivity index (χ0v) is 17.3. The summed E-state index contributed by atoms with van der Waals surface area (Å²) in [6, 6.07) is 1.68. The zero-order valence-electron chi connectivity index (χ0n) is 17.3. The van der Waals surface area contributed by atoms with Crippen molar-refractivity contribution in [3.8, 4) is 0 Å². The highest BCUT2D eigenvalue weighted by molar-refractivity contribution is 6.01. The van der Waals surface area contributed by atoms with E-state index in [0.717, 1.165) is 13.1 Å². The number of hydrogen-bond acceptors (Lipinski definition) is 6. The largest absolute Gasteiger partial charge is 0.444 e. The summed E-state index contributed by atoms with van der Waals surface area (Å²) in [6.45, 7) is 12.2. The van der Waals surface area contributed by atoms with Crippen molar-refractivity contribution in [3.63, 3.8) is 0 Å². The number of ether oxygens (including phenoxy) is 1. The average Bonchev–Trinajstić information content (AvgIpc) is 2.53. The van der Waals surface area contributed by atoms with Crippen molar-refractivity contribution in [2.24, 2.45) is 0 Å². The molecule has 0 saturated carbocycles. The van der Waals surface area contributed by atoms with Gasteiger partial charge in [-0.1, -0.05) is 6.58 Å². The van der Waals surface area contributed by atoms with E-state index < -0.39 is 11.7 Å². The van der Waals surface area contributed by atoms with Gasteiger partial charge < -0.3 is 19.9 Å². The molecule has 150 valence electrons. The van der Waals surface area contributed by atoms with Crippen LogP contribution in [-0.2, 0) is 9.53 Å². The van der Waals surface area contributed by atoms with E-state index in [9.17, 15) is 9.59 Å². The third-order valence-electron chi connectivity index (χ3n) is 3.52. The van der Waals surface area contributed by atoms with Crippen LogP contribution >= 0.6 is 0 Å². The SMILES string of the molecule is C=CC(=O)Nc1cc(NC(=O)OC(C)(C)C)c(C)nc1N(C)CCN(C)C. The van der Waals surface area contributed by atoms with E-state index in [0.29, 0.717) is 22.9 Å². The fraction of sp³-hybridized carbons (Fsp3) is 0.526. The fourth-order valence-corrected chi connectivity index (χ4v) is 2.16. The number of hydrogen-bond donors (Lipinski definition) is 2. The molecule has 0 aromatic carbocycles. The molecule has 0 fully saturated rings. The first kappa shape index (κ1) is 22.4. The van der Waals surface area contributed by atoms with Gasteiger partial charge in [-0.3, -0.25) is 10.1 Å². The third-order valence-corrected chi connectivity index (χ3v) is 3.52. The van der Waals surface area contributed by atoms with Crippen LogP contribution in [0.3, 0.4) is 0 Å². The van der Waals surface area contributed by atoms with Gasteiger partial charge in [-0.05, 0) is 53.9 Å². The Bertz CT molecular complexity index is 695. The maximum Gasteiger partial charge on any atom is 0.412 e. The van der Waals surface area contributed by atoms with Crippen molar-refractivity contribution in [1.29, 1.82) is 0 Å². The molecule has 0 bridgehead atoms. The van der Waals surface area contributed by atoms with Crippen LogP contribution in [0.1, 0.15) is 26.5 Å². The van der Waals surface area contributed by atoms with E-state index in [1.165, 1.54) is 6.08 Å². The number of amides is 2. The lowest BCUT2D eigenvalue weighted by atomic mass is 10.2. The van der Waals surface area contributed by atoms with E-state index >= 15 is 0 Å². The van der Waals surface area contributed by atoms with Crippen molar-refractivity contribution in [2.75, 3.05) is 49.8 Å². The summed E-state index contributed by atoms with van der Waals surface area (Å²) in [6.07, 6.45) is 0.604. The van der Waals surface area contributed by atoms with Gasteiger partial charge in [0.15, 0.2) is 5.82 Å². The molecule has 0 aliphatic carbocycles. The second-order valence-corrected chi connectivity index (χ2v) is 7.54. The molecule has 1 aromatic heterocycles. The Hall–Kier alpha value is -2.61. The Kier molecular flexibility index (Phi) is 7.78. The smallest absolute Gasteiger partial charge is 0.412 e. The highest BCUT2D eigenvalue weighted by atomic mass is 16.6. The predicted molar refractivity (Wildman–Crippen MR) is 109 cm³/mol. The Morgan fingerprint density at radius 3 is 2.33 bits per heavy atom. The molecule has 0 aliphatic rings. The van der Waals surface area contributed by atoms with Crippen molar-refractivity contribution < 1.29 is 14.3 Å². The molecule has 0 spiro atoms. The molecule has 1 heterocycles. The minimum atomic E-state index is -0.613. The topological polar surface area (TPSA) is 86.8 Å². The molecular weight excluding hydrogens is 346 g/mol. The Morgan fingerprint density at radius 2 is 1.81 bits per heavy atom. The third kappa shape index (κ3) is 7.65. The minimum Gasteiger partial charge on any atom is -0.444 e. The van der Waals surface area contributed by atoms with Crippen molar-refractivity contribution >= 4 is 29.2 Å². The van der Waals surface area contributed by atoms with Gasteiger partial charge in [-0.25, -0.2) is 9.78 Å². The first-order valence-electron chi connectivity index (χ1n) is 8.74. The maximum absolute atomic E-state index is 12.1. The van der Waals surface area contributed by atoms with Gasteiger partial charge in [0.05, 0.1) is 17.1 Å². The molecule has 1 rings (SSSR count). The second kappa shape index (κ2) is 9.36. The number of pyridine rings is 1. The first-order chi connectivity index (χ1) is 12.4. The van der Waals surface area contributed by atoms with Gasteiger partial charge in [0.2, 0.25) is 5.91 Å². The molecular formula is C19H31N5O3. The van der Waals surface area contributed by atoms with Crippen LogP contribution in [0.15, 0.2) is 18.7 Å². The standard InChI is InChI=1S/C19H31N5O3/c1-9-16(25)21-15-12-14(22-18(26)27-19(3,4)5)13(2)20-17(15)24(8)11-10-23(6)7/h9,12H,1,10-11H2,2-8H3,(H,21,25)(H,22,26). The van der Waals surface area contributed by atoms with Gasteiger partial charge in [0.1, 0.15) is 5.60 Å². The lowest BCUT2D eigenvalue weighted by molar-refractivity contribution is -0.111. The normalized spacial score (nSPS) is 11.1. The summed E-state index contributed by atoms with van der Waals surface area (Å²) >= 11 is 0. The monoisotopic (exact) mass is 377 g/mol. The summed E-state index contributed by atoms with van der Waals surface area (Å²) in [5.74, 6) is 0.255. The number of carbonyl (C=O) groups is 2. The average molecular weight is 377 g/mol. The first-order valence-corrected chi connectivity index (χ1v) is 8.74. The number of nitrogens with one attached hydrogen (secondary N) is 2. The van der Waals surface area contributed by atoms with Crippen LogP contribution in [-0.4, -0.2) is 61.7 Å². The summed E-state index contributed by atoms with van der Waals surface area (Å²) < 4.78 is 5.28. The molecule has 2 amide bonds. The van der Waals surface area contributed by atoms with E-state index in [1.54, 1.807) is 33.8 Å². The summed E-state index contributed by atoms with van der Waals surface area (Å²) in [4.78, 5) is 32.5. The quantitative estimate of drug-likeness (QED) is 0.711. The predicted octanol–water partition coefficient (Wildman–Crippen LogP) is 2.86. The maximum atomic E-state index is 12.1. The second-order valence-electron chi connectivity index (χ2n) is 7.54. The van der Waals surface area contributed by atoms with Crippen LogP contribution < -0.4 is 15.5 Å². The van der Waals surface area contributed by atoms with Crippen molar-refractivity contribution in [2.45, 2.75) is 33.3 Å². The Balaban J connectivity index is 3.17. The lowest BCUT2D eigenvalue weighted by Crippen LogP contribution is -2.30. The lowest BCUT2D eigenvalue weighted by Gasteiger charge is -2.25. The number of aryl methyl sites for hydroxylation is 1. The van der Waals surface area contributed by atoms with Crippen LogP contribution in [0.2, 0.25) is 0 Å². The summed E-state index contributed by atoms with van der Waals surface area (Å²) in [5, 5.41) is 5.44. The molecule has 27 heavy (non-hydrogen) atoms. The molecule has 8 nitrogen and oxygen atoms in total. The van der Waals surface area contributed by atoms with Crippen molar-refractivity contribution in [1.82, 2.24) is 9.88 Å². The number of nitrogens with zero attached hydrogens (tertiary/aromatic N) is 3. The van der Waals surface area contributed by atoms with E-state index in [2.05, 4.69) is 27.1 Å². The van der Waals surface area contributed by atoms with Crippen LogP contribution in [0, 0.1) is 6.92 Å². The number of aromatic nitrogens is 1. The minimum absolute atomic E-state index is 0.355. The van der Waals surface area contributed by atoms with Crippen LogP contribution in [0.4, 0.5) is 22.0 Å². The highest BCUT2D eigenvalue weighted by Crippen LogP contribution is 2.29. The van der Waals surface area contributed by atoms with Gasteiger partial charge in [0, 0.05) is 20.1 Å². The molecule has 0 atom stereocenters. The molecule has 0 radical (unpaired) electrons. The summed E-state index contributed by atoms with van der Waals surface area (Å²) in [7, 11) is 5.87. The molecule has 1 aromatic rings.